The molecular weight excluding hydrogens is 207 g/mol. The molecule has 1 aromatic carbocycles. The number of hydrazine groups is 2. The molecule has 1 aromatic rings. The number of allylic oxidation sites excluding steroid dienone is 1. The van der Waals surface area contributed by atoms with Crippen LogP contribution in [0.25, 0.3) is 0 Å². The van der Waals surface area contributed by atoms with E-state index in [2.05, 4.69) is 28.1 Å². The van der Waals surface area contributed by atoms with Gasteiger partial charge in [-0.1, -0.05) is 30.3 Å². The smallest absolute Gasteiger partial charge is 0.209 e. The van der Waals surface area contributed by atoms with Gasteiger partial charge in [0.25, 0.3) is 0 Å². The molecule has 16 heavy (non-hydrogen) atoms. The number of nitrogens with zero attached hydrogens (tertiary/aromatic N) is 2. The van der Waals surface area contributed by atoms with Crippen LogP contribution in [0.1, 0.15) is 5.56 Å². The van der Waals surface area contributed by atoms with Crippen molar-refractivity contribution >= 4 is 6.21 Å². The van der Waals surface area contributed by atoms with Gasteiger partial charge in [0.1, 0.15) is 0 Å². The monoisotopic (exact) mass is 220 g/mol. The minimum absolute atomic E-state index is 0.429. The Hall–Kier alpha value is -1.88. The summed E-state index contributed by atoms with van der Waals surface area (Å²) in [5.74, 6) is -0.429. The van der Waals surface area contributed by atoms with Gasteiger partial charge in [0.05, 0.1) is 6.21 Å². The number of hydrazone groups is 1. The van der Waals surface area contributed by atoms with Crippen LogP contribution in [0, 0.1) is 0 Å². The molecule has 1 heterocycles. The lowest BCUT2D eigenvalue weighted by molar-refractivity contribution is 0.122. The van der Waals surface area contributed by atoms with Crippen molar-refractivity contribution in [3.8, 4) is 0 Å². The van der Waals surface area contributed by atoms with Crippen molar-refractivity contribution in [2.45, 2.75) is 6.42 Å². The van der Waals surface area contributed by atoms with Crippen molar-refractivity contribution in [2.75, 3.05) is 6.54 Å². The van der Waals surface area contributed by atoms with Crippen LogP contribution in [0.15, 0.2) is 47.5 Å². The summed E-state index contributed by atoms with van der Waals surface area (Å²) in [6, 6.07) is 10.1. The largest absolute Gasteiger partial charge is 0.242 e. The first kappa shape index (κ1) is 10.6. The van der Waals surface area contributed by atoms with Crippen LogP contribution in [-0.2, 0) is 6.42 Å². The maximum absolute atomic E-state index is 12.8. The van der Waals surface area contributed by atoms with E-state index in [0.717, 1.165) is 6.42 Å². The van der Waals surface area contributed by atoms with Crippen molar-refractivity contribution < 1.29 is 4.39 Å². The van der Waals surface area contributed by atoms with Crippen molar-refractivity contribution in [2.24, 2.45) is 5.10 Å². The number of halogens is 1. The Kier molecular flexibility index (Phi) is 3.50. The highest BCUT2D eigenvalue weighted by atomic mass is 19.1. The first-order chi connectivity index (χ1) is 7.84. The molecule has 0 saturated carbocycles. The predicted molar refractivity (Wildman–Crippen MR) is 60.8 cm³/mol. The molecule has 0 saturated heterocycles. The molecule has 0 amide bonds. The second-order valence-electron chi connectivity index (χ2n) is 3.35. The van der Waals surface area contributed by atoms with E-state index in [9.17, 15) is 4.39 Å². The van der Waals surface area contributed by atoms with E-state index in [1.54, 1.807) is 0 Å². The molecule has 0 aromatic heterocycles. The number of hydrogen-bond donors (Lipinski definition) is 2. The zero-order valence-corrected chi connectivity index (χ0v) is 8.73. The number of nitrogens with one attached hydrogen (secondary N) is 2. The third kappa shape index (κ3) is 3.06. The third-order valence-electron chi connectivity index (χ3n) is 2.13. The fraction of sp³-hybridized carbons (Fsp3) is 0.182. The van der Waals surface area contributed by atoms with Crippen LogP contribution in [0.5, 0.6) is 0 Å². The highest BCUT2D eigenvalue weighted by Crippen LogP contribution is 1.99. The van der Waals surface area contributed by atoms with E-state index in [4.69, 9.17) is 0 Å². The molecule has 4 nitrogen and oxygen atoms in total. The quantitative estimate of drug-likeness (QED) is 0.752. The highest BCUT2D eigenvalue weighted by molar-refractivity contribution is 5.71. The molecule has 1 aliphatic heterocycles. The van der Waals surface area contributed by atoms with Crippen LogP contribution in [0.4, 0.5) is 4.39 Å². The molecule has 5 heteroatoms. The Morgan fingerprint density at radius 3 is 2.88 bits per heavy atom. The Morgan fingerprint density at radius 2 is 2.12 bits per heavy atom. The number of hydrogen-bond acceptors (Lipinski definition) is 4. The molecule has 0 unspecified atom stereocenters. The lowest BCUT2D eigenvalue weighted by Crippen LogP contribution is -2.45. The van der Waals surface area contributed by atoms with Crippen LogP contribution in [-0.4, -0.2) is 18.0 Å². The lowest BCUT2D eigenvalue weighted by atomic mass is 10.2. The van der Waals surface area contributed by atoms with Gasteiger partial charge in [-0.2, -0.15) is 9.82 Å². The predicted octanol–water partition coefficient (Wildman–Crippen LogP) is 1.35. The van der Waals surface area contributed by atoms with Gasteiger partial charge in [-0.25, -0.2) is 5.43 Å². The van der Waals surface area contributed by atoms with Crippen molar-refractivity contribution in [3.05, 3.63) is 47.9 Å². The molecule has 2 N–H and O–H groups in total. The van der Waals surface area contributed by atoms with Crippen molar-refractivity contribution in [1.29, 1.82) is 0 Å². The molecule has 0 atom stereocenters. The molecule has 0 bridgehead atoms. The van der Waals surface area contributed by atoms with Gasteiger partial charge in [0, 0.05) is 12.6 Å². The summed E-state index contributed by atoms with van der Waals surface area (Å²) in [6.07, 6.45) is 3.51. The fourth-order valence-electron chi connectivity index (χ4n) is 1.36. The molecule has 2 rings (SSSR count). The Bertz CT molecular complexity index is 388. The van der Waals surface area contributed by atoms with Gasteiger partial charge >= 0.3 is 0 Å². The Labute approximate surface area is 93.4 Å². The molecule has 0 fully saturated rings. The van der Waals surface area contributed by atoms with E-state index in [0.29, 0.717) is 6.54 Å². The summed E-state index contributed by atoms with van der Waals surface area (Å²) in [7, 11) is 0. The van der Waals surface area contributed by atoms with Gasteiger partial charge in [0.2, 0.25) is 5.95 Å². The van der Waals surface area contributed by atoms with E-state index < -0.39 is 5.95 Å². The zero-order valence-electron chi connectivity index (χ0n) is 8.73. The Balaban J connectivity index is 1.73. The van der Waals surface area contributed by atoms with Gasteiger partial charge in [-0.05, 0) is 12.0 Å². The highest BCUT2D eigenvalue weighted by Gasteiger charge is 2.04. The van der Waals surface area contributed by atoms with Crippen LogP contribution in [0.2, 0.25) is 0 Å². The number of rotatable bonds is 4. The maximum atomic E-state index is 12.8. The average Bonchev–Trinajstić information content (AvgIpc) is 2.30. The first-order valence-corrected chi connectivity index (χ1v) is 5.08. The molecule has 84 valence electrons. The van der Waals surface area contributed by atoms with E-state index >= 15 is 0 Å². The van der Waals surface area contributed by atoms with Crippen LogP contribution < -0.4 is 10.9 Å². The molecular formula is C11H13FN4. The van der Waals surface area contributed by atoms with Gasteiger partial charge in [0.15, 0.2) is 0 Å². The van der Waals surface area contributed by atoms with Crippen LogP contribution in [0.3, 0.4) is 0 Å². The first-order valence-electron chi connectivity index (χ1n) is 5.08. The summed E-state index contributed by atoms with van der Waals surface area (Å²) in [4.78, 5) is 0. The van der Waals surface area contributed by atoms with Gasteiger partial charge in [-0.15, -0.1) is 10.3 Å². The minimum Gasteiger partial charge on any atom is -0.242 e. The topological polar surface area (TPSA) is 39.7 Å². The fourth-order valence-corrected chi connectivity index (χ4v) is 1.36. The average molecular weight is 220 g/mol. The van der Waals surface area contributed by atoms with Gasteiger partial charge in [-0.3, -0.25) is 0 Å². The molecule has 0 spiro atoms. The summed E-state index contributed by atoms with van der Waals surface area (Å²) < 4.78 is 12.8. The summed E-state index contributed by atoms with van der Waals surface area (Å²) in [5.41, 5.74) is 6.59. The standard InChI is InChI=1S/C11H13FN4/c12-11-7-9-14-16(15-11)13-8-6-10-4-2-1-3-5-10/h1-5,7,9,13,15H,6,8H2. The van der Waals surface area contributed by atoms with Crippen molar-refractivity contribution in [3.63, 3.8) is 0 Å². The SMILES string of the molecule is FC1=CC=NN(NCCc2ccccc2)N1. The van der Waals surface area contributed by atoms with E-state index in [1.807, 2.05) is 18.2 Å². The normalized spacial score (nSPS) is 14.6. The number of benzene rings is 1. The summed E-state index contributed by atoms with van der Waals surface area (Å²) in [5, 5.41) is 5.14. The van der Waals surface area contributed by atoms with E-state index in [-0.39, 0.29) is 0 Å². The van der Waals surface area contributed by atoms with Gasteiger partial charge < -0.3 is 0 Å². The zero-order chi connectivity index (χ0) is 11.2. The molecule has 0 radical (unpaired) electrons. The summed E-state index contributed by atoms with van der Waals surface area (Å²) in [6.45, 7) is 0.682. The van der Waals surface area contributed by atoms with Crippen molar-refractivity contribution in [1.82, 2.24) is 16.1 Å². The minimum atomic E-state index is -0.429. The maximum Gasteiger partial charge on any atom is 0.209 e. The summed E-state index contributed by atoms with van der Waals surface area (Å²) >= 11 is 0. The van der Waals surface area contributed by atoms with E-state index in [1.165, 1.54) is 23.1 Å². The lowest BCUT2D eigenvalue weighted by Gasteiger charge is -2.21. The third-order valence-corrected chi connectivity index (χ3v) is 2.13. The molecule has 1 aliphatic rings. The second-order valence-corrected chi connectivity index (χ2v) is 3.35. The second kappa shape index (κ2) is 5.27. The molecule has 0 aliphatic carbocycles. The Morgan fingerprint density at radius 1 is 1.31 bits per heavy atom. The van der Waals surface area contributed by atoms with Crippen LogP contribution >= 0.6 is 0 Å².